The van der Waals surface area contributed by atoms with Crippen LogP contribution in [0, 0.1) is 11.8 Å². The van der Waals surface area contributed by atoms with E-state index in [2.05, 4.69) is 10.6 Å². The van der Waals surface area contributed by atoms with Crippen LogP contribution < -0.4 is 15.4 Å². The molecule has 1 aromatic carbocycles. The number of aliphatic hydroxyl groups is 1. The number of anilines is 1. The Kier molecular flexibility index (Phi) is 10.1. The minimum absolute atomic E-state index is 0.126. The Morgan fingerprint density at radius 1 is 1.15 bits per heavy atom. The molecule has 0 radical (unpaired) electrons. The number of amides is 4. The molecule has 0 spiro atoms. The van der Waals surface area contributed by atoms with Gasteiger partial charge in [0.05, 0.1) is 30.4 Å². The van der Waals surface area contributed by atoms with Crippen molar-refractivity contribution < 1.29 is 29.0 Å². The van der Waals surface area contributed by atoms with E-state index in [0.29, 0.717) is 56.1 Å². The van der Waals surface area contributed by atoms with E-state index >= 15 is 0 Å². The van der Waals surface area contributed by atoms with Crippen molar-refractivity contribution in [3.05, 3.63) is 23.8 Å². The third-order valence-corrected chi connectivity index (χ3v) is 8.27. The normalized spacial score (nSPS) is 23.6. The first-order valence-electron chi connectivity index (χ1n) is 14.4. The van der Waals surface area contributed by atoms with Crippen LogP contribution >= 0.6 is 0 Å². The number of benzene rings is 1. The summed E-state index contributed by atoms with van der Waals surface area (Å²) in [6.07, 6.45) is 6.29. The average molecular weight is 545 g/mol. The van der Waals surface area contributed by atoms with Gasteiger partial charge in [0.1, 0.15) is 6.10 Å². The lowest BCUT2D eigenvalue weighted by Gasteiger charge is -2.38. The Morgan fingerprint density at radius 3 is 2.56 bits per heavy atom. The Labute approximate surface area is 231 Å². The summed E-state index contributed by atoms with van der Waals surface area (Å²) in [6, 6.07) is 4.80. The van der Waals surface area contributed by atoms with E-state index in [0.717, 1.165) is 25.7 Å². The first-order valence-corrected chi connectivity index (χ1v) is 14.4. The third-order valence-electron chi connectivity index (χ3n) is 8.27. The van der Waals surface area contributed by atoms with Crippen molar-refractivity contribution in [1.82, 2.24) is 15.1 Å². The second-order valence-electron chi connectivity index (χ2n) is 11.3. The van der Waals surface area contributed by atoms with E-state index in [4.69, 9.17) is 9.47 Å². The number of nitrogens with zero attached hydrogens (tertiary/aromatic N) is 2. The molecule has 216 valence electrons. The number of para-hydroxylation sites is 1. The van der Waals surface area contributed by atoms with Crippen LogP contribution in [0.2, 0.25) is 0 Å². The zero-order valence-electron chi connectivity index (χ0n) is 23.5. The number of likely N-dealkylation sites (N-methyl/N-ethyl adjacent to an activating group) is 1. The van der Waals surface area contributed by atoms with Gasteiger partial charge >= 0.3 is 6.03 Å². The summed E-state index contributed by atoms with van der Waals surface area (Å²) in [5, 5.41) is 16.1. The standard InChI is InChI=1S/C29H44N4O6/c1-19-16-33(20(2)18-34)28(36)23-10-7-11-24(31-27(35)21-12-14-38-15-13-21)26(23)39-25(19)17-32(3)29(37)30-22-8-5-4-6-9-22/h7,10-11,19-22,25,34H,4-6,8-9,12-18H2,1-3H3,(H,30,37)(H,31,35)/t19-,20-,25+/m1/s1. The van der Waals surface area contributed by atoms with Crippen molar-refractivity contribution in [3.8, 4) is 5.75 Å². The topological polar surface area (TPSA) is 120 Å². The van der Waals surface area contributed by atoms with Crippen LogP contribution in [0.5, 0.6) is 5.75 Å². The molecule has 1 aliphatic carbocycles. The zero-order chi connectivity index (χ0) is 27.9. The second-order valence-corrected chi connectivity index (χ2v) is 11.3. The highest BCUT2D eigenvalue weighted by atomic mass is 16.5. The van der Waals surface area contributed by atoms with E-state index in [1.54, 1.807) is 35.0 Å². The summed E-state index contributed by atoms with van der Waals surface area (Å²) in [6.45, 7) is 5.37. The molecule has 0 aromatic heterocycles. The zero-order valence-corrected chi connectivity index (χ0v) is 23.5. The van der Waals surface area contributed by atoms with Crippen LogP contribution in [-0.4, -0.2) is 90.9 Å². The van der Waals surface area contributed by atoms with Gasteiger partial charge in [-0.25, -0.2) is 4.79 Å². The molecule has 4 rings (SSSR count). The molecule has 4 amide bonds. The van der Waals surface area contributed by atoms with Crippen LogP contribution in [-0.2, 0) is 9.53 Å². The monoisotopic (exact) mass is 544 g/mol. The van der Waals surface area contributed by atoms with Crippen LogP contribution in [0.1, 0.15) is 69.2 Å². The number of urea groups is 1. The maximum Gasteiger partial charge on any atom is 0.317 e. The predicted octanol–water partition coefficient (Wildman–Crippen LogP) is 3.25. The largest absolute Gasteiger partial charge is 0.485 e. The van der Waals surface area contributed by atoms with Crippen molar-refractivity contribution in [2.24, 2.45) is 11.8 Å². The van der Waals surface area contributed by atoms with Gasteiger partial charge in [-0.3, -0.25) is 9.59 Å². The van der Waals surface area contributed by atoms with Gasteiger partial charge in [0, 0.05) is 44.7 Å². The number of fused-ring (bicyclic) bond motifs is 1. The number of hydrogen-bond donors (Lipinski definition) is 3. The summed E-state index contributed by atoms with van der Waals surface area (Å²) >= 11 is 0. The fraction of sp³-hybridized carbons (Fsp3) is 0.690. The molecule has 1 saturated heterocycles. The van der Waals surface area contributed by atoms with E-state index in [-0.39, 0.29) is 42.3 Å². The van der Waals surface area contributed by atoms with E-state index < -0.39 is 12.1 Å². The number of ether oxygens (including phenoxy) is 2. The average Bonchev–Trinajstić information content (AvgIpc) is 2.95. The van der Waals surface area contributed by atoms with E-state index in [9.17, 15) is 19.5 Å². The lowest BCUT2D eigenvalue weighted by Crippen LogP contribution is -2.52. The van der Waals surface area contributed by atoms with Gasteiger partial charge in [-0.15, -0.1) is 0 Å². The fourth-order valence-corrected chi connectivity index (χ4v) is 5.64. The van der Waals surface area contributed by atoms with Crippen molar-refractivity contribution in [2.45, 2.75) is 77.0 Å². The number of hydrogen-bond acceptors (Lipinski definition) is 6. The molecule has 10 heteroatoms. The molecule has 2 fully saturated rings. The maximum absolute atomic E-state index is 13.7. The Bertz CT molecular complexity index is 1010. The molecule has 3 N–H and O–H groups in total. The quantitative estimate of drug-likeness (QED) is 0.485. The summed E-state index contributed by atoms with van der Waals surface area (Å²) < 4.78 is 11.9. The van der Waals surface area contributed by atoms with Gasteiger partial charge in [-0.2, -0.15) is 0 Å². The van der Waals surface area contributed by atoms with Crippen LogP contribution in [0.15, 0.2) is 18.2 Å². The summed E-state index contributed by atoms with van der Waals surface area (Å²) in [5.41, 5.74) is 0.758. The molecule has 39 heavy (non-hydrogen) atoms. The molecule has 1 aromatic rings. The molecule has 0 unspecified atom stereocenters. The maximum atomic E-state index is 13.7. The lowest BCUT2D eigenvalue weighted by atomic mass is 9.96. The summed E-state index contributed by atoms with van der Waals surface area (Å²) in [7, 11) is 1.76. The third kappa shape index (κ3) is 7.22. The minimum Gasteiger partial charge on any atom is -0.485 e. The van der Waals surface area contributed by atoms with Crippen LogP contribution in [0.25, 0.3) is 0 Å². The Balaban J connectivity index is 1.59. The second kappa shape index (κ2) is 13.5. The highest BCUT2D eigenvalue weighted by molar-refractivity contribution is 6.02. The number of aliphatic hydroxyl groups excluding tert-OH is 1. The molecule has 3 atom stereocenters. The van der Waals surface area contributed by atoms with Gasteiger partial charge in [0.15, 0.2) is 5.75 Å². The smallest absolute Gasteiger partial charge is 0.317 e. The number of nitrogens with one attached hydrogen (secondary N) is 2. The SMILES string of the molecule is C[C@@H]1CN([C@H](C)CO)C(=O)c2cccc(NC(=O)C3CCOCC3)c2O[C@H]1CN(C)C(=O)NC1CCCCC1. The molecule has 2 aliphatic heterocycles. The Morgan fingerprint density at radius 2 is 1.87 bits per heavy atom. The first-order chi connectivity index (χ1) is 18.8. The molecule has 3 aliphatic rings. The van der Waals surface area contributed by atoms with Crippen molar-refractivity contribution >= 4 is 23.5 Å². The van der Waals surface area contributed by atoms with Gasteiger partial charge in [0.25, 0.3) is 5.91 Å². The van der Waals surface area contributed by atoms with Crippen molar-refractivity contribution in [2.75, 3.05) is 45.3 Å². The number of carbonyl (C=O) groups excluding carboxylic acids is 3. The van der Waals surface area contributed by atoms with E-state index in [1.807, 2.05) is 13.8 Å². The van der Waals surface area contributed by atoms with Crippen molar-refractivity contribution in [3.63, 3.8) is 0 Å². The molecular weight excluding hydrogens is 500 g/mol. The number of rotatable bonds is 7. The summed E-state index contributed by atoms with van der Waals surface area (Å²) in [4.78, 5) is 43.1. The molecule has 2 heterocycles. The van der Waals surface area contributed by atoms with Gasteiger partial charge in [0.2, 0.25) is 5.91 Å². The highest BCUT2D eigenvalue weighted by Crippen LogP contribution is 2.35. The highest BCUT2D eigenvalue weighted by Gasteiger charge is 2.35. The lowest BCUT2D eigenvalue weighted by molar-refractivity contribution is -0.122. The first kappa shape index (κ1) is 29.1. The number of carbonyl (C=O) groups is 3. The molecule has 10 nitrogen and oxygen atoms in total. The molecule has 1 saturated carbocycles. The van der Waals surface area contributed by atoms with Crippen LogP contribution in [0.4, 0.5) is 10.5 Å². The van der Waals surface area contributed by atoms with E-state index in [1.165, 1.54) is 6.42 Å². The Hall–Kier alpha value is -2.85. The predicted molar refractivity (Wildman–Crippen MR) is 148 cm³/mol. The van der Waals surface area contributed by atoms with Crippen LogP contribution in [0.3, 0.4) is 0 Å². The van der Waals surface area contributed by atoms with Gasteiger partial charge in [-0.1, -0.05) is 32.3 Å². The summed E-state index contributed by atoms with van der Waals surface area (Å²) in [5.74, 6) is -0.411. The minimum atomic E-state index is -0.450. The van der Waals surface area contributed by atoms with Gasteiger partial charge in [-0.05, 0) is 44.7 Å². The molecule has 0 bridgehead atoms. The van der Waals surface area contributed by atoms with Gasteiger partial charge < -0.3 is 35.0 Å². The van der Waals surface area contributed by atoms with Crippen molar-refractivity contribution in [1.29, 1.82) is 0 Å². The fourth-order valence-electron chi connectivity index (χ4n) is 5.64. The molecular formula is C29H44N4O6.